The lowest BCUT2D eigenvalue weighted by molar-refractivity contribution is 0.333. The molecule has 2 rings (SSSR count). The molecule has 0 aliphatic rings. The highest BCUT2D eigenvalue weighted by molar-refractivity contribution is 9.10. The van der Waals surface area contributed by atoms with Crippen LogP contribution in [0.25, 0.3) is 0 Å². The molecule has 6 heteroatoms. The molecule has 4 nitrogen and oxygen atoms in total. The van der Waals surface area contributed by atoms with Crippen molar-refractivity contribution in [1.82, 2.24) is 4.98 Å². The number of hydrogen-bond acceptors (Lipinski definition) is 4. The maximum atomic E-state index is 5.82. The largest absolute Gasteiger partial charge is 0.492 e. The highest BCUT2D eigenvalue weighted by atomic mass is 79.9. The van der Waals surface area contributed by atoms with Crippen LogP contribution in [0.5, 0.6) is 5.75 Å². The van der Waals surface area contributed by atoms with Crippen molar-refractivity contribution in [3.05, 3.63) is 46.0 Å². The first-order chi connectivity index (χ1) is 9.15. The molecule has 19 heavy (non-hydrogen) atoms. The van der Waals surface area contributed by atoms with E-state index >= 15 is 0 Å². The fourth-order valence-electron chi connectivity index (χ4n) is 1.45. The topological polar surface area (TPSA) is 60.2 Å². The summed E-state index contributed by atoms with van der Waals surface area (Å²) in [5, 5.41) is 3.75. The SMILES string of the molecule is Nc1ccc(OCCNc2ncc(Cl)cc2Br)cc1. The predicted molar refractivity (Wildman–Crippen MR) is 81.8 cm³/mol. The Balaban J connectivity index is 1.79. The summed E-state index contributed by atoms with van der Waals surface area (Å²) in [6.07, 6.45) is 1.59. The smallest absolute Gasteiger partial charge is 0.140 e. The second kappa shape index (κ2) is 6.63. The number of pyridine rings is 1. The van der Waals surface area contributed by atoms with Crippen molar-refractivity contribution in [2.75, 3.05) is 24.2 Å². The molecule has 0 aliphatic carbocycles. The predicted octanol–water partition coefficient (Wildman–Crippen LogP) is 3.57. The molecule has 2 aromatic rings. The summed E-state index contributed by atoms with van der Waals surface area (Å²) in [6, 6.07) is 9.08. The van der Waals surface area contributed by atoms with E-state index in [1.165, 1.54) is 0 Å². The number of anilines is 2. The van der Waals surface area contributed by atoms with Crippen LogP contribution in [0.1, 0.15) is 0 Å². The fourth-order valence-corrected chi connectivity index (χ4v) is 2.23. The molecule has 1 aromatic heterocycles. The van der Waals surface area contributed by atoms with Crippen LogP contribution in [0, 0.1) is 0 Å². The van der Waals surface area contributed by atoms with Crippen LogP contribution in [0.3, 0.4) is 0 Å². The van der Waals surface area contributed by atoms with Crippen LogP contribution in [0.15, 0.2) is 41.0 Å². The normalized spacial score (nSPS) is 10.2. The minimum atomic E-state index is 0.528. The van der Waals surface area contributed by atoms with Crippen LogP contribution < -0.4 is 15.8 Å². The van der Waals surface area contributed by atoms with Crippen LogP contribution >= 0.6 is 27.5 Å². The number of rotatable bonds is 5. The second-order valence-corrected chi connectivity index (χ2v) is 5.12. The number of benzene rings is 1. The monoisotopic (exact) mass is 341 g/mol. The van der Waals surface area contributed by atoms with E-state index in [9.17, 15) is 0 Å². The maximum absolute atomic E-state index is 5.82. The van der Waals surface area contributed by atoms with Gasteiger partial charge in [-0.1, -0.05) is 11.6 Å². The number of ether oxygens (including phenoxy) is 1. The number of nitrogens with two attached hydrogens (primary N) is 1. The lowest BCUT2D eigenvalue weighted by Gasteiger charge is -2.09. The molecular formula is C13H13BrClN3O. The van der Waals surface area contributed by atoms with Crippen LogP contribution in [0.4, 0.5) is 11.5 Å². The van der Waals surface area contributed by atoms with Gasteiger partial charge < -0.3 is 15.8 Å². The summed E-state index contributed by atoms with van der Waals surface area (Å²) >= 11 is 9.20. The lowest BCUT2D eigenvalue weighted by atomic mass is 10.3. The van der Waals surface area contributed by atoms with Gasteiger partial charge >= 0.3 is 0 Å². The molecule has 3 N–H and O–H groups in total. The molecule has 0 aliphatic heterocycles. The van der Waals surface area contributed by atoms with E-state index in [1.54, 1.807) is 24.4 Å². The quantitative estimate of drug-likeness (QED) is 0.644. The van der Waals surface area contributed by atoms with Gasteiger partial charge in [0.25, 0.3) is 0 Å². The Labute approximate surface area is 125 Å². The Bertz CT molecular complexity index is 548. The molecule has 0 bridgehead atoms. The molecular weight excluding hydrogens is 330 g/mol. The molecule has 0 fully saturated rings. The van der Waals surface area contributed by atoms with Gasteiger partial charge in [-0.3, -0.25) is 0 Å². The summed E-state index contributed by atoms with van der Waals surface area (Å²) in [7, 11) is 0. The minimum Gasteiger partial charge on any atom is -0.492 e. The number of aromatic nitrogens is 1. The highest BCUT2D eigenvalue weighted by Crippen LogP contribution is 2.22. The van der Waals surface area contributed by atoms with Crippen LogP contribution in [-0.2, 0) is 0 Å². The summed E-state index contributed by atoms with van der Waals surface area (Å²) in [5.74, 6) is 1.53. The minimum absolute atomic E-state index is 0.528. The Morgan fingerprint density at radius 1 is 1.32 bits per heavy atom. The van der Waals surface area contributed by atoms with Crippen molar-refractivity contribution in [3.63, 3.8) is 0 Å². The number of nitrogen functional groups attached to an aromatic ring is 1. The zero-order chi connectivity index (χ0) is 13.7. The van der Waals surface area contributed by atoms with Gasteiger partial charge in [-0.25, -0.2) is 4.98 Å². The molecule has 0 amide bonds. The molecule has 0 atom stereocenters. The number of halogens is 2. The van der Waals surface area contributed by atoms with E-state index in [0.717, 1.165) is 21.7 Å². The van der Waals surface area contributed by atoms with Gasteiger partial charge in [0.2, 0.25) is 0 Å². The first kappa shape index (κ1) is 14.0. The summed E-state index contributed by atoms with van der Waals surface area (Å²) < 4.78 is 6.39. The average Bonchev–Trinajstić information content (AvgIpc) is 2.39. The van der Waals surface area contributed by atoms with Crippen molar-refractivity contribution < 1.29 is 4.74 Å². The van der Waals surface area contributed by atoms with Gasteiger partial charge in [0.1, 0.15) is 18.2 Å². The zero-order valence-corrected chi connectivity index (χ0v) is 12.4. The Hall–Kier alpha value is -1.46. The van der Waals surface area contributed by atoms with Crippen molar-refractivity contribution in [3.8, 4) is 5.75 Å². The van der Waals surface area contributed by atoms with Crippen molar-refractivity contribution in [2.24, 2.45) is 0 Å². The molecule has 1 aromatic carbocycles. The van der Waals surface area contributed by atoms with Gasteiger partial charge in [-0.15, -0.1) is 0 Å². The van der Waals surface area contributed by atoms with E-state index in [0.29, 0.717) is 18.2 Å². The summed E-state index contributed by atoms with van der Waals surface area (Å²) in [5.41, 5.74) is 6.32. The first-order valence-electron chi connectivity index (χ1n) is 5.68. The molecule has 1 heterocycles. The van der Waals surface area contributed by atoms with Gasteiger partial charge in [0, 0.05) is 11.9 Å². The van der Waals surface area contributed by atoms with E-state index < -0.39 is 0 Å². The molecule has 0 saturated carbocycles. The average molecular weight is 343 g/mol. The highest BCUT2D eigenvalue weighted by Gasteiger charge is 2.01. The number of nitrogens with zero attached hydrogens (tertiary/aromatic N) is 1. The maximum Gasteiger partial charge on any atom is 0.140 e. The Kier molecular flexibility index (Phi) is 4.87. The van der Waals surface area contributed by atoms with Gasteiger partial charge in [-0.05, 0) is 46.3 Å². The molecule has 0 spiro atoms. The van der Waals surface area contributed by atoms with E-state index in [2.05, 4.69) is 26.2 Å². The number of nitrogens with one attached hydrogen (secondary N) is 1. The molecule has 0 saturated heterocycles. The van der Waals surface area contributed by atoms with E-state index in [-0.39, 0.29) is 0 Å². The van der Waals surface area contributed by atoms with E-state index in [4.69, 9.17) is 22.1 Å². The molecule has 0 unspecified atom stereocenters. The number of hydrogen-bond donors (Lipinski definition) is 2. The molecule has 0 radical (unpaired) electrons. The van der Waals surface area contributed by atoms with Crippen LogP contribution in [0.2, 0.25) is 5.02 Å². The summed E-state index contributed by atoms with van der Waals surface area (Å²) in [4.78, 5) is 4.17. The van der Waals surface area contributed by atoms with Gasteiger partial charge in [0.15, 0.2) is 0 Å². The Morgan fingerprint density at radius 2 is 2.05 bits per heavy atom. The third-order valence-corrected chi connectivity index (χ3v) is 3.16. The van der Waals surface area contributed by atoms with Crippen LogP contribution in [-0.4, -0.2) is 18.1 Å². The van der Waals surface area contributed by atoms with Crippen molar-refractivity contribution >= 4 is 39.0 Å². The fraction of sp³-hybridized carbons (Fsp3) is 0.154. The first-order valence-corrected chi connectivity index (χ1v) is 6.85. The summed E-state index contributed by atoms with van der Waals surface area (Å²) in [6.45, 7) is 1.16. The Morgan fingerprint density at radius 3 is 2.74 bits per heavy atom. The standard InChI is InChI=1S/C13H13BrClN3O/c14-12-7-9(15)8-18-13(12)17-5-6-19-11-3-1-10(16)2-4-11/h1-4,7-8H,5-6,16H2,(H,17,18). The van der Waals surface area contributed by atoms with Crippen molar-refractivity contribution in [1.29, 1.82) is 0 Å². The zero-order valence-electron chi connectivity index (χ0n) is 10.1. The third-order valence-electron chi connectivity index (χ3n) is 2.35. The van der Waals surface area contributed by atoms with Crippen molar-refractivity contribution in [2.45, 2.75) is 0 Å². The second-order valence-electron chi connectivity index (χ2n) is 3.83. The van der Waals surface area contributed by atoms with Gasteiger partial charge in [-0.2, -0.15) is 0 Å². The third kappa shape index (κ3) is 4.29. The lowest BCUT2D eigenvalue weighted by Crippen LogP contribution is -2.12. The van der Waals surface area contributed by atoms with Gasteiger partial charge in [0.05, 0.1) is 16.0 Å². The molecule has 100 valence electrons. The van der Waals surface area contributed by atoms with E-state index in [1.807, 2.05) is 12.1 Å².